The van der Waals surface area contributed by atoms with Gasteiger partial charge in [0.1, 0.15) is 0 Å². The number of ether oxygens (including phenoxy) is 1. The van der Waals surface area contributed by atoms with Crippen LogP contribution in [-0.4, -0.2) is 36.7 Å². The second-order valence-corrected chi connectivity index (χ2v) is 6.09. The zero-order chi connectivity index (χ0) is 12.5. The van der Waals surface area contributed by atoms with Crippen LogP contribution in [0, 0.1) is 5.92 Å². The van der Waals surface area contributed by atoms with Crippen molar-refractivity contribution >= 4 is 0 Å². The van der Waals surface area contributed by atoms with Crippen LogP contribution in [0.4, 0.5) is 0 Å². The summed E-state index contributed by atoms with van der Waals surface area (Å²) in [5.41, 5.74) is 4.43. The van der Waals surface area contributed by atoms with Crippen molar-refractivity contribution in [3.05, 3.63) is 11.8 Å². The van der Waals surface area contributed by atoms with Crippen molar-refractivity contribution in [2.45, 2.75) is 56.7 Å². The molecule has 3 N–H and O–H groups in total. The van der Waals surface area contributed by atoms with Gasteiger partial charge in [0.2, 0.25) is 0 Å². The molecule has 4 nitrogen and oxygen atoms in total. The van der Waals surface area contributed by atoms with Gasteiger partial charge in [0.15, 0.2) is 0 Å². The fourth-order valence-corrected chi connectivity index (χ4v) is 4.08. The molecule has 2 bridgehead atoms. The Bertz CT molecular complexity index is 317. The van der Waals surface area contributed by atoms with Crippen molar-refractivity contribution in [3.63, 3.8) is 0 Å². The monoisotopic (exact) mass is 251 g/mol. The molecule has 2 fully saturated rings. The number of nitrogens with one attached hydrogen (secondary N) is 1. The molecule has 0 aromatic heterocycles. The van der Waals surface area contributed by atoms with Crippen LogP contribution in [-0.2, 0) is 4.74 Å². The predicted molar refractivity (Wildman–Crippen MR) is 71.7 cm³/mol. The number of nitrogens with zero attached hydrogens (tertiary/aromatic N) is 1. The molecule has 0 spiro atoms. The quantitative estimate of drug-likeness (QED) is 0.588. The van der Waals surface area contributed by atoms with Gasteiger partial charge in [0, 0.05) is 18.1 Å². The van der Waals surface area contributed by atoms with Gasteiger partial charge in [0.25, 0.3) is 0 Å². The molecule has 0 amide bonds. The molecule has 3 unspecified atom stereocenters. The summed E-state index contributed by atoms with van der Waals surface area (Å²) in [6.45, 7) is 0.861. The van der Waals surface area contributed by atoms with Crippen molar-refractivity contribution in [1.29, 1.82) is 0 Å². The summed E-state index contributed by atoms with van der Waals surface area (Å²) in [6.07, 6.45) is 9.50. The van der Waals surface area contributed by atoms with E-state index in [1.807, 2.05) is 6.26 Å². The molecule has 0 aromatic rings. The second kappa shape index (κ2) is 5.19. The summed E-state index contributed by atoms with van der Waals surface area (Å²) < 4.78 is 5.48. The molecule has 0 radical (unpaired) electrons. The Morgan fingerprint density at radius 1 is 1.39 bits per heavy atom. The number of hydrogen-bond acceptors (Lipinski definition) is 4. The number of rotatable bonds is 3. The Morgan fingerprint density at radius 2 is 2.11 bits per heavy atom. The van der Waals surface area contributed by atoms with Gasteiger partial charge in [-0.3, -0.25) is 11.3 Å². The molecule has 2 saturated heterocycles. The van der Waals surface area contributed by atoms with Gasteiger partial charge in [-0.1, -0.05) is 0 Å². The normalized spacial score (nSPS) is 38.1. The summed E-state index contributed by atoms with van der Waals surface area (Å²) in [5, 5.41) is 0. The lowest BCUT2D eigenvalue weighted by atomic mass is 9.81. The fourth-order valence-electron chi connectivity index (χ4n) is 4.08. The van der Waals surface area contributed by atoms with Crippen LogP contribution in [0.1, 0.15) is 38.5 Å². The number of fused-ring (bicyclic) bond motifs is 2. The van der Waals surface area contributed by atoms with Gasteiger partial charge in [-0.2, -0.15) is 0 Å². The van der Waals surface area contributed by atoms with E-state index >= 15 is 0 Å². The minimum atomic E-state index is 0.321. The van der Waals surface area contributed by atoms with Crippen molar-refractivity contribution in [2.24, 2.45) is 11.8 Å². The molecule has 0 saturated carbocycles. The van der Waals surface area contributed by atoms with Gasteiger partial charge in [-0.15, -0.1) is 0 Å². The van der Waals surface area contributed by atoms with E-state index in [1.165, 1.54) is 31.3 Å². The zero-order valence-electron chi connectivity index (χ0n) is 11.3. The molecular weight excluding hydrogens is 226 g/mol. The first-order valence-corrected chi connectivity index (χ1v) is 7.28. The summed E-state index contributed by atoms with van der Waals surface area (Å²) in [4.78, 5) is 2.58. The molecule has 3 heterocycles. The zero-order valence-corrected chi connectivity index (χ0v) is 11.3. The average molecular weight is 251 g/mol. The predicted octanol–water partition coefficient (Wildman–Crippen LogP) is 1.39. The molecular formula is C14H25N3O. The molecule has 3 aliphatic heterocycles. The topological polar surface area (TPSA) is 50.5 Å². The second-order valence-electron chi connectivity index (χ2n) is 6.09. The molecule has 3 rings (SSSR count). The van der Waals surface area contributed by atoms with E-state index in [0.29, 0.717) is 12.0 Å². The summed E-state index contributed by atoms with van der Waals surface area (Å²) in [6, 6.07) is 1.87. The van der Waals surface area contributed by atoms with Gasteiger partial charge >= 0.3 is 0 Å². The van der Waals surface area contributed by atoms with Crippen molar-refractivity contribution in [1.82, 2.24) is 10.3 Å². The third kappa shape index (κ3) is 2.17. The van der Waals surface area contributed by atoms with Crippen LogP contribution in [0.15, 0.2) is 11.8 Å². The molecule has 18 heavy (non-hydrogen) atoms. The Hall–Kier alpha value is -0.580. The Kier molecular flexibility index (Phi) is 3.59. The number of hydrazine groups is 1. The highest BCUT2D eigenvalue weighted by Crippen LogP contribution is 2.40. The van der Waals surface area contributed by atoms with Gasteiger partial charge in [-0.25, -0.2) is 0 Å². The largest absolute Gasteiger partial charge is 0.501 e. The summed E-state index contributed by atoms with van der Waals surface area (Å²) in [5.74, 6) is 6.50. The van der Waals surface area contributed by atoms with Crippen molar-refractivity contribution in [2.75, 3.05) is 13.7 Å². The maximum Gasteiger partial charge on any atom is 0.0876 e. The van der Waals surface area contributed by atoms with E-state index in [4.69, 9.17) is 10.6 Å². The van der Waals surface area contributed by atoms with Gasteiger partial charge in [0.05, 0.1) is 12.9 Å². The Balaban J connectivity index is 1.71. The first-order valence-electron chi connectivity index (χ1n) is 7.28. The lowest BCUT2D eigenvalue weighted by Gasteiger charge is -2.40. The molecule has 3 aliphatic rings. The summed E-state index contributed by atoms with van der Waals surface area (Å²) >= 11 is 0. The molecule has 3 atom stereocenters. The Morgan fingerprint density at radius 3 is 2.67 bits per heavy atom. The Labute approximate surface area is 110 Å². The van der Waals surface area contributed by atoms with Gasteiger partial charge in [-0.05, 0) is 57.1 Å². The van der Waals surface area contributed by atoms with Crippen LogP contribution in [0.25, 0.3) is 0 Å². The van der Waals surface area contributed by atoms with Crippen LogP contribution in [0.3, 0.4) is 0 Å². The maximum absolute atomic E-state index is 5.82. The smallest absolute Gasteiger partial charge is 0.0876 e. The van der Waals surface area contributed by atoms with Crippen molar-refractivity contribution < 1.29 is 4.74 Å². The van der Waals surface area contributed by atoms with Crippen LogP contribution >= 0.6 is 0 Å². The SMILES string of the molecule is CN1C2CCC1CC(C(NN)C1=COCCC1)C2. The molecule has 0 aliphatic carbocycles. The standard InChI is InChI=1S/C14H25N3O/c1-17-12-4-5-13(17)8-11(7-12)14(16-15)10-3-2-6-18-9-10/h9,11-14,16H,2-8,15H2,1H3. The number of hydrogen-bond donors (Lipinski definition) is 2. The van der Waals surface area contributed by atoms with Gasteiger partial charge < -0.3 is 9.64 Å². The summed E-state index contributed by atoms with van der Waals surface area (Å²) in [7, 11) is 2.28. The van der Waals surface area contributed by atoms with Crippen LogP contribution in [0.2, 0.25) is 0 Å². The highest BCUT2D eigenvalue weighted by molar-refractivity contribution is 5.13. The fraction of sp³-hybridized carbons (Fsp3) is 0.857. The maximum atomic E-state index is 5.82. The highest BCUT2D eigenvalue weighted by atomic mass is 16.5. The van der Waals surface area contributed by atoms with Crippen LogP contribution in [0.5, 0.6) is 0 Å². The molecule has 4 heteroatoms. The third-order valence-corrected chi connectivity index (χ3v) is 5.15. The number of piperidine rings is 1. The van der Waals surface area contributed by atoms with E-state index in [-0.39, 0.29) is 0 Å². The lowest BCUT2D eigenvalue weighted by molar-refractivity contribution is 0.115. The minimum absolute atomic E-state index is 0.321. The molecule has 102 valence electrons. The minimum Gasteiger partial charge on any atom is -0.501 e. The van der Waals surface area contributed by atoms with Crippen LogP contribution < -0.4 is 11.3 Å². The number of nitrogens with two attached hydrogens (primary N) is 1. The highest BCUT2D eigenvalue weighted by Gasteiger charge is 2.41. The van der Waals surface area contributed by atoms with E-state index in [2.05, 4.69) is 17.4 Å². The first kappa shape index (κ1) is 12.5. The van der Waals surface area contributed by atoms with E-state index in [1.54, 1.807) is 0 Å². The first-order chi connectivity index (χ1) is 8.79. The van der Waals surface area contributed by atoms with E-state index in [0.717, 1.165) is 31.5 Å². The lowest BCUT2D eigenvalue weighted by Crippen LogP contribution is -2.49. The third-order valence-electron chi connectivity index (χ3n) is 5.15. The molecule has 0 aromatic carbocycles. The van der Waals surface area contributed by atoms with E-state index < -0.39 is 0 Å². The average Bonchev–Trinajstić information content (AvgIpc) is 2.64. The van der Waals surface area contributed by atoms with E-state index in [9.17, 15) is 0 Å². The van der Waals surface area contributed by atoms with Crippen molar-refractivity contribution in [3.8, 4) is 0 Å².